The first-order valence-electron chi connectivity index (χ1n) is 8.10. The minimum absolute atomic E-state index is 0.128. The lowest BCUT2D eigenvalue weighted by molar-refractivity contribution is 0.307. The van der Waals surface area contributed by atoms with Crippen molar-refractivity contribution in [3.05, 3.63) is 69.7 Å². The third kappa shape index (κ3) is 3.94. The van der Waals surface area contributed by atoms with Gasteiger partial charge in [0.05, 0.1) is 13.0 Å². The highest BCUT2D eigenvalue weighted by Gasteiger charge is 2.35. The zero-order valence-corrected chi connectivity index (χ0v) is 16.3. The molecule has 0 aliphatic heterocycles. The summed E-state index contributed by atoms with van der Waals surface area (Å²) in [4.78, 5) is 0. The molecule has 120 valence electrons. The first-order chi connectivity index (χ1) is 11.0. The summed E-state index contributed by atoms with van der Waals surface area (Å²) in [5, 5.41) is 3.96. The number of nitrogens with one attached hydrogen (secondary N) is 1. The highest BCUT2D eigenvalue weighted by atomic mass is 79.9. The van der Waals surface area contributed by atoms with Crippen molar-refractivity contribution in [3.8, 4) is 0 Å². The molecule has 1 N–H and O–H groups in total. The molecule has 2 aromatic carbocycles. The van der Waals surface area contributed by atoms with Crippen molar-refractivity contribution < 1.29 is 0 Å². The summed E-state index contributed by atoms with van der Waals surface area (Å²) in [6, 6.07) is 17.5. The number of fused-ring (bicyclic) bond motifs is 1. The Bertz CT molecular complexity index is 713. The van der Waals surface area contributed by atoms with Gasteiger partial charge >= 0.3 is 0 Å². The van der Waals surface area contributed by atoms with E-state index < -0.39 is 0 Å². The van der Waals surface area contributed by atoms with Gasteiger partial charge in [0.2, 0.25) is 0 Å². The van der Waals surface area contributed by atoms with E-state index in [9.17, 15) is 0 Å². The van der Waals surface area contributed by atoms with Gasteiger partial charge in [-0.05, 0) is 49.4 Å². The average molecular weight is 389 g/mol. The minimum atomic E-state index is -0.341. The molecule has 3 rings (SSSR count). The number of benzene rings is 2. The molecule has 3 heteroatoms. The van der Waals surface area contributed by atoms with E-state index in [1.807, 2.05) is 0 Å². The van der Waals surface area contributed by atoms with E-state index in [1.165, 1.54) is 27.6 Å². The Morgan fingerprint density at radius 1 is 1.17 bits per heavy atom. The lowest BCUT2D eigenvalue weighted by Crippen LogP contribution is -2.47. The summed E-state index contributed by atoms with van der Waals surface area (Å²) in [6.07, 6.45) is 7.76. The smallest absolute Gasteiger partial charge is 0.192 e. The van der Waals surface area contributed by atoms with Crippen LogP contribution in [0.1, 0.15) is 35.8 Å². The van der Waals surface area contributed by atoms with Crippen molar-refractivity contribution >= 4 is 29.8 Å². The molecule has 1 aliphatic rings. The molecule has 0 aromatic heterocycles. The molecule has 1 aliphatic carbocycles. The van der Waals surface area contributed by atoms with Crippen LogP contribution in [0, 0.1) is 0 Å². The van der Waals surface area contributed by atoms with Crippen LogP contribution in [0.3, 0.4) is 0 Å². The lowest BCUT2D eigenvalue weighted by Gasteiger charge is -2.37. The Labute approximate surface area is 149 Å². The van der Waals surface area contributed by atoms with Gasteiger partial charge in [0.15, 0.2) is 5.78 Å². The molecule has 23 heavy (non-hydrogen) atoms. The molecular formula is C20H24BrNP+. The Hall–Kier alpha value is -0.950. The third-order valence-electron chi connectivity index (χ3n) is 4.74. The van der Waals surface area contributed by atoms with Crippen LogP contribution in [-0.2, 0) is 12.8 Å². The van der Waals surface area contributed by atoms with Crippen LogP contribution in [0.25, 0.3) is 0 Å². The summed E-state index contributed by atoms with van der Waals surface area (Å²) in [7, 11) is -0.341. The van der Waals surface area contributed by atoms with Crippen molar-refractivity contribution in [1.29, 1.82) is 0 Å². The molecule has 0 bridgehead atoms. The fraction of sp³-hybridized carbons (Fsp3) is 0.350. The monoisotopic (exact) mass is 388 g/mol. The van der Waals surface area contributed by atoms with Gasteiger partial charge in [-0.15, -0.1) is 0 Å². The first-order valence-corrected chi connectivity index (χ1v) is 10.9. The first kappa shape index (κ1) is 16.9. The van der Waals surface area contributed by atoms with Crippen LogP contribution in [0.2, 0.25) is 0 Å². The summed E-state index contributed by atoms with van der Waals surface area (Å²) in [5.41, 5.74) is 4.45. The molecule has 0 amide bonds. The van der Waals surface area contributed by atoms with E-state index >= 15 is 0 Å². The lowest BCUT2D eigenvalue weighted by atomic mass is 9.79. The molecule has 0 fully saturated rings. The average Bonchev–Trinajstić information content (AvgIpc) is 2.53. The number of hydrogen-bond acceptors (Lipinski definition) is 1. The number of hydrogen-bond donors (Lipinski definition) is 1. The molecular weight excluding hydrogens is 365 g/mol. The maximum atomic E-state index is 4.37. The maximum absolute atomic E-state index is 4.37. The number of aryl methyl sites for hydroxylation is 1. The van der Waals surface area contributed by atoms with E-state index in [1.54, 1.807) is 0 Å². The maximum Gasteiger partial charge on any atom is 0.192 e. The molecule has 0 spiro atoms. The second-order valence-corrected chi connectivity index (χ2v) is 9.81. The molecule has 1 nitrogen and oxygen atoms in total. The van der Waals surface area contributed by atoms with Crippen molar-refractivity contribution in [3.63, 3.8) is 0 Å². The van der Waals surface area contributed by atoms with Gasteiger partial charge in [-0.1, -0.05) is 52.3 Å². The minimum Gasteiger partial charge on any atom is -0.267 e. The zero-order valence-electron chi connectivity index (χ0n) is 13.8. The number of rotatable bonds is 4. The highest BCUT2D eigenvalue weighted by molar-refractivity contribution is 9.10. The zero-order chi connectivity index (χ0) is 16.4. The molecule has 0 radical (unpaired) electrons. The summed E-state index contributed by atoms with van der Waals surface area (Å²) >= 11 is 3.61. The predicted molar refractivity (Wildman–Crippen MR) is 107 cm³/mol. The second kappa shape index (κ2) is 6.89. The van der Waals surface area contributed by atoms with Crippen molar-refractivity contribution in [2.24, 2.45) is 0 Å². The number of halogens is 1. The SMILES string of the molecule is C=[P+](C)C(NC1(C)CCc2ccc(Br)cc2C1)c1ccccc1. The molecule has 0 saturated heterocycles. The highest BCUT2D eigenvalue weighted by Crippen LogP contribution is 2.39. The molecule has 2 aromatic rings. The van der Waals surface area contributed by atoms with Crippen molar-refractivity contribution in [2.75, 3.05) is 6.66 Å². The summed E-state index contributed by atoms with van der Waals surface area (Å²) < 4.78 is 1.18. The largest absolute Gasteiger partial charge is 0.267 e. The standard InChI is InChI=1S/C20H24BrNP/c1-20(12-11-15-9-10-18(21)13-17(15)14-20)22-19(23(2)3)16-7-5-4-6-8-16/h4-10,13,19,22H,2,11-12,14H2,1,3H3/q+1. The van der Waals surface area contributed by atoms with E-state index in [0.29, 0.717) is 5.78 Å². The van der Waals surface area contributed by atoms with Crippen molar-refractivity contribution in [2.45, 2.75) is 37.5 Å². The quantitative estimate of drug-likeness (QED) is 0.679. The van der Waals surface area contributed by atoms with Crippen molar-refractivity contribution in [1.82, 2.24) is 5.32 Å². The fourth-order valence-corrected chi connectivity index (χ4v) is 5.08. The molecule has 0 saturated carbocycles. The van der Waals surface area contributed by atoms with E-state index in [-0.39, 0.29) is 13.1 Å². The van der Waals surface area contributed by atoms with Gasteiger partial charge in [0, 0.05) is 15.6 Å². The van der Waals surface area contributed by atoms with Crippen LogP contribution in [0.15, 0.2) is 53.0 Å². The summed E-state index contributed by atoms with van der Waals surface area (Å²) in [6.45, 7) is 4.63. The van der Waals surface area contributed by atoms with Crippen LogP contribution in [0.4, 0.5) is 0 Å². The van der Waals surface area contributed by atoms with Crippen LogP contribution in [-0.4, -0.2) is 18.5 Å². The van der Waals surface area contributed by atoms with Gasteiger partial charge in [-0.25, -0.2) is 0 Å². The van der Waals surface area contributed by atoms with E-state index in [4.69, 9.17) is 0 Å². The Morgan fingerprint density at radius 3 is 2.61 bits per heavy atom. The van der Waals surface area contributed by atoms with E-state index in [0.717, 1.165) is 12.8 Å². The van der Waals surface area contributed by atoms with Gasteiger partial charge in [0.1, 0.15) is 7.55 Å². The van der Waals surface area contributed by atoms with Gasteiger partial charge in [-0.2, -0.15) is 0 Å². The van der Waals surface area contributed by atoms with Gasteiger partial charge in [-0.3, -0.25) is 5.32 Å². The molecule has 3 unspecified atom stereocenters. The Morgan fingerprint density at radius 2 is 1.91 bits per heavy atom. The topological polar surface area (TPSA) is 12.0 Å². The fourth-order valence-electron chi connectivity index (χ4n) is 3.46. The van der Waals surface area contributed by atoms with Crippen LogP contribution in [0.5, 0.6) is 0 Å². The predicted octanol–water partition coefficient (Wildman–Crippen LogP) is 5.53. The molecule has 3 atom stereocenters. The van der Waals surface area contributed by atoms with Crippen LogP contribution >= 0.6 is 23.5 Å². The van der Waals surface area contributed by atoms with E-state index in [2.05, 4.69) is 89.7 Å². The van der Waals surface area contributed by atoms with Crippen LogP contribution < -0.4 is 5.32 Å². The van der Waals surface area contributed by atoms with Gasteiger partial charge < -0.3 is 0 Å². The normalized spacial score (nSPS) is 22.3. The van der Waals surface area contributed by atoms with Gasteiger partial charge in [0.25, 0.3) is 0 Å². The Balaban J connectivity index is 1.84. The Kier molecular flexibility index (Phi) is 5.06. The molecule has 0 heterocycles. The third-order valence-corrected chi connectivity index (χ3v) is 6.54. The summed E-state index contributed by atoms with van der Waals surface area (Å²) in [5.74, 6) is 0.352. The second-order valence-electron chi connectivity index (χ2n) is 6.87.